The number of hydrogen-bond donors (Lipinski definition) is 2. The summed E-state index contributed by atoms with van der Waals surface area (Å²) in [4.78, 5) is 4.12. The number of aryl methyl sites for hydroxylation is 2. The lowest BCUT2D eigenvalue weighted by molar-refractivity contribution is 0.460. The summed E-state index contributed by atoms with van der Waals surface area (Å²) in [5.74, 6) is 1.37. The van der Waals surface area contributed by atoms with Gasteiger partial charge in [-0.3, -0.25) is 4.68 Å². The van der Waals surface area contributed by atoms with E-state index in [0.29, 0.717) is 23.9 Å². The predicted molar refractivity (Wildman–Crippen MR) is 75.9 cm³/mol. The lowest BCUT2D eigenvalue weighted by Gasteiger charge is -2.02. The number of aromatic nitrogens is 3. The summed E-state index contributed by atoms with van der Waals surface area (Å²) in [5, 5.41) is 7.11. The molecule has 2 rings (SSSR count). The molecule has 0 saturated heterocycles. The number of rotatable bonds is 7. The van der Waals surface area contributed by atoms with E-state index in [9.17, 15) is 8.42 Å². The molecule has 21 heavy (non-hydrogen) atoms. The number of hydrogen-bond acceptors (Lipinski definition) is 6. The predicted octanol–water partition coefficient (Wildman–Crippen LogP) is 0.305. The maximum Gasteiger partial charge on any atom is 0.244 e. The molecule has 0 aliphatic carbocycles. The summed E-state index contributed by atoms with van der Waals surface area (Å²) in [5.41, 5.74) is 0. The smallest absolute Gasteiger partial charge is 0.244 e. The third-order valence-corrected chi connectivity index (χ3v) is 4.34. The number of sulfonamides is 1. The van der Waals surface area contributed by atoms with Crippen LogP contribution in [-0.2, 0) is 30.2 Å². The molecule has 0 saturated carbocycles. The SMILES string of the molecule is CCNCc1cc(S(=O)(=O)NCc2ncn(C)n2)c(C)o1. The number of nitrogens with one attached hydrogen (secondary N) is 2. The van der Waals surface area contributed by atoms with Crippen molar-refractivity contribution in [3.63, 3.8) is 0 Å². The van der Waals surface area contributed by atoms with E-state index in [0.717, 1.165) is 6.54 Å². The highest BCUT2D eigenvalue weighted by Crippen LogP contribution is 2.20. The van der Waals surface area contributed by atoms with Crippen LogP contribution in [0.25, 0.3) is 0 Å². The van der Waals surface area contributed by atoms with Crippen molar-refractivity contribution < 1.29 is 12.8 Å². The molecule has 0 amide bonds. The minimum absolute atomic E-state index is 0.0380. The largest absolute Gasteiger partial charge is 0.464 e. The topological polar surface area (TPSA) is 102 Å². The second-order valence-electron chi connectivity index (χ2n) is 4.57. The molecule has 0 aliphatic heterocycles. The van der Waals surface area contributed by atoms with E-state index in [1.165, 1.54) is 17.1 Å². The van der Waals surface area contributed by atoms with Crippen molar-refractivity contribution in [2.45, 2.75) is 31.8 Å². The van der Waals surface area contributed by atoms with Crippen molar-refractivity contribution in [2.24, 2.45) is 7.05 Å². The number of nitrogens with zero attached hydrogens (tertiary/aromatic N) is 3. The Morgan fingerprint density at radius 2 is 2.14 bits per heavy atom. The molecule has 2 N–H and O–H groups in total. The van der Waals surface area contributed by atoms with Gasteiger partial charge in [0.05, 0.1) is 13.1 Å². The molecule has 116 valence electrons. The van der Waals surface area contributed by atoms with Crippen molar-refractivity contribution in [3.05, 3.63) is 29.7 Å². The van der Waals surface area contributed by atoms with Crippen molar-refractivity contribution in [3.8, 4) is 0 Å². The molecule has 0 bridgehead atoms. The van der Waals surface area contributed by atoms with Gasteiger partial charge in [0.2, 0.25) is 10.0 Å². The van der Waals surface area contributed by atoms with Crippen LogP contribution >= 0.6 is 0 Å². The monoisotopic (exact) mass is 313 g/mol. The van der Waals surface area contributed by atoms with Gasteiger partial charge >= 0.3 is 0 Å². The Labute approximate surface area is 123 Å². The highest BCUT2D eigenvalue weighted by molar-refractivity contribution is 7.89. The first kappa shape index (κ1) is 15.7. The van der Waals surface area contributed by atoms with Gasteiger partial charge < -0.3 is 9.73 Å². The molecular formula is C12H19N5O3S. The molecule has 0 unspecified atom stereocenters. The first-order valence-corrected chi connectivity index (χ1v) is 8.05. The zero-order valence-electron chi connectivity index (χ0n) is 12.3. The molecule has 0 spiro atoms. The molecule has 2 aromatic rings. The Morgan fingerprint density at radius 3 is 2.76 bits per heavy atom. The van der Waals surface area contributed by atoms with Gasteiger partial charge in [-0.05, 0) is 13.5 Å². The fraction of sp³-hybridized carbons (Fsp3) is 0.500. The van der Waals surface area contributed by atoms with Crippen LogP contribution < -0.4 is 10.0 Å². The van der Waals surface area contributed by atoms with E-state index in [4.69, 9.17) is 4.42 Å². The van der Waals surface area contributed by atoms with Crippen molar-refractivity contribution in [2.75, 3.05) is 6.54 Å². The summed E-state index contributed by atoms with van der Waals surface area (Å²) in [6, 6.07) is 1.53. The summed E-state index contributed by atoms with van der Waals surface area (Å²) < 4.78 is 34.0. The Morgan fingerprint density at radius 1 is 1.38 bits per heavy atom. The van der Waals surface area contributed by atoms with Gasteiger partial charge in [0.1, 0.15) is 22.7 Å². The van der Waals surface area contributed by atoms with Gasteiger partial charge in [0.15, 0.2) is 5.82 Å². The van der Waals surface area contributed by atoms with E-state index in [-0.39, 0.29) is 11.4 Å². The maximum absolute atomic E-state index is 12.3. The molecule has 0 aliphatic rings. The zero-order valence-corrected chi connectivity index (χ0v) is 13.1. The summed E-state index contributed by atoms with van der Waals surface area (Å²) in [6.45, 7) is 4.91. The fourth-order valence-corrected chi connectivity index (χ4v) is 3.01. The lowest BCUT2D eigenvalue weighted by Crippen LogP contribution is -2.24. The quantitative estimate of drug-likeness (QED) is 0.762. The Hall–Kier alpha value is -1.71. The standard InChI is InChI=1S/C12H19N5O3S/c1-4-13-6-10-5-11(9(2)20-10)21(18,19)15-7-12-14-8-17(3)16-12/h5,8,13,15H,4,6-7H2,1-3H3. The molecule has 8 nitrogen and oxygen atoms in total. The van der Waals surface area contributed by atoms with Crippen molar-refractivity contribution >= 4 is 10.0 Å². The van der Waals surface area contributed by atoms with Crippen molar-refractivity contribution in [1.29, 1.82) is 0 Å². The van der Waals surface area contributed by atoms with Crippen LogP contribution in [-0.4, -0.2) is 29.7 Å². The molecule has 0 radical (unpaired) electrons. The van der Waals surface area contributed by atoms with E-state index in [2.05, 4.69) is 20.1 Å². The molecule has 0 atom stereocenters. The first-order chi connectivity index (χ1) is 9.92. The Balaban J connectivity index is 2.09. The lowest BCUT2D eigenvalue weighted by atomic mass is 10.4. The average Bonchev–Trinajstić information content (AvgIpc) is 3.00. The third-order valence-electron chi connectivity index (χ3n) is 2.83. The average molecular weight is 313 g/mol. The number of furan rings is 1. The van der Waals surface area contributed by atoms with Gasteiger partial charge in [0.25, 0.3) is 0 Å². The Bertz CT molecular complexity index is 704. The normalized spacial score (nSPS) is 12.0. The van der Waals surface area contributed by atoms with E-state index >= 15 is 0 Å². The van der Waals surface area contributed by atoms with E-state index < -0.39 is 10.0 Å². The molecule has 9 heteroatoms. The molecule has 2 aromatic heterocycles. The van der Waals surface area contributed by atoms with Gasteiger partial charge in [0, 0.05) is 13.1 Å². The third kappa shape index (κ3) is 3.90. The molecule has 2 heterocycles. The van der Waals surface area contributed by atoms with E-state index in [1.54, 1.807) is 14.0 Å². The minimum Gasteiger partial charge on any atom is -0.464 e. The summed E-state index contributed by atoms with van der Waals surface area (Å²) in [6.07, 6.45) is 1.52. The zero-order chi connectivity index (χ0) is 15.5. The minimum atomic E-state index is -3.64. The second kappa shape index (κ2) is 6.37. The van der Waals surface area contributed by atoms with Gasteiger partial charge in [-0.1, -0.05) is 6.92 Å². The summed E-state index contributed by atoms with van der Waals surface area (Å²) in [7, 11) is -1.92. The van der Waals surface area contributed by atoms with Crippen LogP contribution in [0.15, 0.2) is 21.7 Å². The fourth-order valence-electron chi connectivity index (χ4n) is 1.83. The van der Waals surface area contributed by atoms with Gasteiger partial charge in [-0.2, -0.15) is 5.10 Å². The van der Waals surface area contributed by atoms with Crippen LogP contribution in [0.5, 0.6) is 0 Å². The summed E-state index contributed by atoms with van der Waals surface area (Å²) >= 11 is 0. The molecule has 0 aromatic carbocycles. The van der Waals surface area contributed by atoms with Crippen LogP contribution in [0.3, 0.4) is 0 Å². The van der Waals surface area contributed by atoms with Crippen LogP contribution in [0.1, 0.15) is 24.3 Å². The van der Waals surface area contributed by atoms with Crippen LogP contribution in [0.2, 0.25) is 0 Å². The van der Waals surface area contributed by atoms with Gasteiger partial charge in [-0.15, -0.1) is 0 Å². The molecule has 0 fully saturated rings. The van der Waals surface area contributed by atoms with E-state index in [1.807, 2.05) is 6.92 Å². The van der Waals surface area contributed by atoms with Crippen molar-refractivity contribution in [1.82, 2.24) is 24.8 Å². The van der Waals surface area contributed by atoms with Crippen LogP contribution in [0, 0.1) is 6.92 Å². The highest BCUT2D eigenvalue weighted by Gasteiger charge is 2.21. The molecular weight excluding hydrogens is 294 g/mol. The van der Waals surface area contributed by atoms with Crippen LogP contribution in [0.4, 0.5) is 0 Å². The van der Waals surface area contributed by atoms with Gasteiger partial charge in [-0.25, -0.2) is 18.1 Å². The second-order valence-corrected chi connectivity index (χ2v) is 6.31. The first-order valence-electron chi connectivity index (χ1n) is 6.56. The maximum atomic E-state index is 12.3. The Kier molecular flexibility index (Phi) is 4.76. The highest BCUT2D eigenvalue weighted by atomic mass is 32.2.